The highest BCUT2D eigenvalue weighted by molar-refractivity contribution is 5.38. The van der Waals surface area contributed by atoms with Crippen molar-refractivity contribution in [2.75, 3.05) is 7.11 Å². The highest BCUT2D eigenvalue weighted by Gasteiger charge is 2.21. The molecule has 20 heavy (non-hydrogen) atoms. The van der Waals surface area contributed by atoms with E-state index in [0.717, 1.165) is 29.1 Å². The van der Waals surface area contributed by atoms with Crippen molar-refractivity contribution in [1.82, 2.24) is 20.6 Å². The first kappa shape index (κ1) is 14.4. The van der Waals surface area contributed by atoms with Gasteiger partial charge < -0.3 is 4.74 Å². The maximum atomic E-state index is 5.74. The van der Waals surface area contributed by atoms with E-state index in [1.807, 2.05) is 32.0 Å². The van der Waals surface area contributed by atoms with E-state index in [-0.39, 0.29) is 6.04 Å². The van der Waals surface area contributed by atoms with Gasteiger partial charge in [0.15, 0.2) is 0 Å². The molecule has 1 unspecified atom stereocenters. The predicted octanol–water partition coefficient (Wildman–Crippen LogP) is 1.30. The molecule has 2 rings (SSSR count). The second-order valence-corrected chi connectivity index (χ2v) is 4.43. The minimum absolute atomic E-state index is 0.282. The molecule has 0 spiro atoms. The number of nitrogens with zero attached hydrogens (tertiary/aromatic N) is 3. The summed E-state index contributed by atoms with van der Waals surface area (Å²) in [4.78, 5) is 4.39. The Morgan fingerprint density at radius 3 is 2.85 bits per heavy atom. The minimum Gasteiger partial charge on any atom is -0.495 e. The number of nitrogens with two attached hydrogens (primary N) is 1. The zero-order valence-electron chi connectivity index (χ0n) is 11.9. The number of hydrazine groups is 1. The lowest BCUT2D eigenvalue weighted by Crippen LogP contribution is -2.31. The number of nitrogens with one attached hydrogen (secondary N) is 1. The Hall–Kier alpha value is -2.05. The smallest absolute Gasteiger partial charge is 0.142 e. The van der Waals surface area contributed by atoms with Crippen LogP contribution in [-0.4, -0.2) is 22.3 Å². The summed E-state index contributed by atoms with van der Waals surface area (Å²) in [6.07, 6.45) is 2.49. The van der Waals surface area contributed by atoms with Crippen molar-refractivity contribution in [1.29, 1.82) is 0 Å². The van der Waals surface area contributed by atoms with Crippen LogP contribution in [0.4, 0.5) is 0 Å². The Kier molecular flexibility index (Phi) is 4.60. The summed E-state index contributed by atoms with van der Waals surface area (Å²) < 4.78 is 5.36. The van der Waals surface area contributed by atoms with E-state index in [2.05, 4.69) is 20.6 Å². The third kappa shape index (κ3) is 2.76. The predicted molar refractivity (Wildman–Crippen MR) is 76.1 cm³/mol. The van der Waals surface area contributed by atoms with E-state index in [9.17, 15) is 0 Å². The van der Waals surface area contributed by atoms with Gasteiger partial charge in [-0.25, -0.2) is 5.43 Å². The van der Waals surface area contributed by atoms with Crippen LogP contribution in [0.5, 0.6) is 5.75 Å². The van der Waals surface area contributed by atoms with E-state index in [1.165, 1.54) is 0 Å². The molecule has 0 amide bonds. The van der Waals surface area contributed by atoms with Crippen LogP contribution in [0.25, 0.3) is 0 Å². The molecule has 0 aliphatic carbocycles. The van der Waals surface area contributed by atoms with E-state index >= 15 is 0 Å². The quantitative estimate of drug-likeness (QED) is 0.631. The molecule has 0 aromatic carbocycles. The number of pyridine rings is 1. The lowest BCUT2D eigenvalue weighted by Gasteiger charge is -2.20. The standard InChI is InChI=1S/C14H19N5O/c1-4-11-10(8-9(2)18-19-11)13(17-15)14-12(20-3)6-5-7-16-14/h5-8,13,17H,4,15H2,1-3H3. The Labute approximate surface area is 118 Å². The van der Waals surface area contributed by atoms with Crippen molar-refractivity contribution in [2.24, 2.45) is 5.84 Å². The average Bonchev–Trinajstić information content (AvgIpc) is 2.49. The largest absolute Gasteiger partial charge is 0.495 e. The van der Waals surface area contributed by atoms with Gasteiger partial charge in [-0.1, -0.05) is 6.92 Å². The summed E-state index contributed by atoms with van der Waals surface area (Å²) in [7, 11) is 1.62. The summed E-state index contributed by atoms with van der Waals surface area (Å²) in [6, 6.07) is 5.38. The number of hydrogen-bond donors (Lipinski definition) is 2. The van der Waals surface area contributed by atoms with Gasteiger partial charge in [-0.15, -0.1) is 0 Å². The fraction of sp³-hybridized carbons (Fsp3) is 0.357. The van der Waals surface area contributed by atoms with Crippen molar-refractivity contribution in [3.63, 3.8) is 0 Å². The number of methoxy groups -OCH3 is 1. The molecular formula is C14H19N5O. The van der Waals surface area contributed by atoms with Crippen molar-refractivity contribution in [3.05, 3.63) is 47.0 Å². The molecule has 106 valence electrons. The molecule has 0 saturated heterocycles. The lowest BCUT2D eigenvalue weighted by atomic mass is 10.00. The fourth-order valence-corrected chi connectivity index (χ4v) is 2.17. The lowest BCUT2D eigenvalue weighted by molar-refractivity contribution is 0.400. The van der Waals surface area contributed by atoms with Gasteiger partial charge in [0.1, 0.15) is 11.4 Å². The van der Waals surface area contributed by atoms with Crippen molar-refractivity contribution in [3.8, 4) is 5.75 Å². The summed E-state index contributed by atoms with van der Waals surface area (Å²) in [5.41, 5.74) is 6.24. The van der Waals surface area contributed by atoms with E-state index < -0.39 is 0 Å². The third-order valence-corrected chi connectivity index (χ3v) is 3.13. The van der Waals surface area contributed by atoms with Crippen molar-refractivity contribution in [2.45, 2.75) is 26.3 Å². The van der Waals surface area contributed by atoms with E-state index in [0.29, 0.717) is 5.75 Å². The van der Waals surface area contributed by atoms with Crippen LogP contribution in [0, 0.1) is 6.92 Å². The van der Waals surface area contributed by atoms with Crippen LogP contribution in [-0.2, 0) is 6.42 Å². The highest BCUT2D eigenvalue weighted by Crippen LogP contribution is 2.29. The molecule has 6 heteroatoms. The molecule has 0 aliphatic heterocycles. The molecule has 3 N–H and O–H groups in total. The van der Waals surface area contributed by atoms with Gasteiger partial charge in [-0.05, 0) is 31.5 Å². The van der Waals surface area contributed by atoms with Gasteiger partial charge in [0.25, 0.3) is 0 Å². The van der Waals surface area contributed by atoms with Crippen molar-refractivity contribution < 1.29 is 4.74 Å². The van der Waals surface area contributed by atoms with Crippen LogP contribution >= 0.6 is 0 Å². The first-order valence-electron chi connectivity index (χ1n) is 6.49. The number of rotatable bonds is 5. The Bertz CT molecular complexity index is 588. The first-order chi connectivity index (χ1) is 9.71. The summed E-state index contributed by atoms with van der Waals surface area (Å²) in [6.45, 7) is 3.94. The van der Waals surface area contributed by atoms with Gasteiger partial charge in [-0.2, -0.15) is 10.2 Å². The monoisotopic (exact) mass is 273 g/mol. The summed E-state index contributed by atoms with van der Waals surface area (Å²) >= 11 is 0. The summed E-state index contributed by atoms with van der Waals surface area (Å²) in [5, 5.41) is 8.33. The van der Waals surface area contributed by atoms with Crippen molar-refractivity contribution >= 4 is 0 Å². The Morgan fingerprint density at radius 1 is 1.40 bits per heavy atom. The van der Waals surface area contributed by atoms with Gasteiger partial charge in [0.05, 0.1) is 24.5 Å². The highest BCUT2D eigenvalue weighted by atomic mass is 16.5. The van der Waals surface area contributed by atoms with Crippen LogP contribution in [0.2, 0.25) is 0 Å². The van der Waals surface area contributed by atoms with E-state index in [4.69, 9.17) is 10.6 Å². The molecule has 0 aliphatic rings. The molecule has 2 aromatic rings. The number of hydrogen-bond acceptors (Lipinski definition) is 6. The molecule has 1 atom stereocenters. The molecular weight excluding hydrogens is 254 g/mol. The van der Waals surface area contributed by atoms with Gasteiger partial charge in [0, 0.05) is 11.8 Å². The Morgan fingerprint density at radius 2 is 2.20 bits per heavy atom. The minimum atomic E-state index is -0.282. The van der Waals surface area contributed by atoms with Crippen LogP contribution in [0.1, 0.15) is 35.6 Å². The molecule has 2 aromatic heterocycles. The normalized spacial score (nSPS) is 12.2. The maximum absolute atomic E-state index is 5.74. The number of aromatic nitrogens is 3. The molecule has 6 nitrogen and oxygen atoms in total. The fourth-order valence-electron chi connectivity index (χ4n) is 2.17. The zero-order valence-corrected chi connectivity index (χ0v) is 11.9. The van der Waals surface area contributed by atoms with Gasteiger partial charge in [-0.3, -0.25) is 10.8 Å². The topological polar surface area (TPSA) is 86.0 Å². The molecule has 0 fully saturated rings. The number of ether oxygens (including phenoxy) is 1. The number of aryl methyl sites for hydroxylation is 2. The van der Waals surface area contributed by atoms with Gasteiger partial charge >= 0.3 is 0 Å². The van der Waals surface area contributed by atoms with Gasteiger partial charge in [0.2, 0.25) is 0 Å². The molecule has 0 bridgehead atoms. The van der Waals surface area contributed by atoms with Crippen LogP contribution in [0.15, 0.2) is 24.4 Å². The maximum Gasteiger partial charge on any atom is 0.142 e. The Balaban J connectivity index is 2.55. The first-order valence-corrected chi connectivity index (χ1v) is 6.49. The van der Waals surface area contributed by atoms with Crippen LogP contribution < -0.4 is 16.0 Å². The van der Waals surface area contributed by atoms with E-state index in [1.54, 1.807) is 13.3 Å². The zero-order chi connectivity index (χ0) is 14.5. The summed E-state index contributed by atoms with van der Waals surface area (Å²) in [5.74, 6) is 6.43. The second-order valence-electron chi connectivity index (χ2n) is 4.43. The third-order valence-electron chi connectivity index (χ3n) is 3.13. The average molecular weight is 273 g/mol. The molecule has 2 heterocycles. The van der Waals surface area contributed by atoms with Crippen LogP contribution in [0.3, 0.4) is 0 Å². The second kappa shape index (κ2) is 6.40. The SMILES string of the molecule is CCc1nnc(C)cc1C(NN)c1ncccc1OC. The molecule has 0 radical (unpaired) electrons. The molecule has 0 saturated carbocycles.